The highest BCUT2D eigenvalue weighted by molar-refractivity contribution is 5.91. The van der Waals surface area contributed by atoms with Gasteiger partial charge in [0.25, 0.3) is 0 Å². The van der Waals surface area contributed by atoms with E-state index in [9.17, 15) is 13.2 Å². The molecule has 1 radical (unpaired) electrons. The van der Waals surface area contributed by atoms with Crippen molar-refractivity contribution in [2.75, 3.05) is 0 Å². The van der Waals surface area contributed by atoms with Crippen molar-refractivity contribution >= 4 is 10.8 Å². The smallest absolute Gasteiger partial charge is 0.249 e. The molecule has 1 atom stereocenters. The second kappa shape index (κ2) is 13.4. The number of fused-ring (bicyclic) bond motifs is 1. The molecule has 0 bridgehead atoms. The predicted octanol–water partition coefficient (Wildman–Crippen LogP) is 9.31. The maximum atomic E-state index is 12.8. The number of hydrogen-bond donors (Lipinski definition) is 0. The molecular weight excluding hydrogens is 443 g/mol. The lowest BCUT2D eigenvalue weighted by molar-refractivity contribution is -0.137. The monoisotopic (exact) mass is 478 g/mol. The van der Waals surface area contributed by atoms with Crippen LogP contribution in [0, 0.1) is 11.8 Å². The minimum atomic E-state index is -4.36. The summed E-state index contributed by atoms with van der Waals surface area (Å²) in [7, 11) is 0. The van der Waals surface area contributed by atoms with Crippen LogP contribution in [0.25, 0.3) is 10.8 Å². The molecule has 0 spiro atoms. The zero-order chi connectivity index (χ0) is 25.1. The fourth-order valence-corrected chi connectivity index (χ4v) is 4.40. The highest BCUT2D eigenvalue weighted by Gasteiger charge is 2.30. The SMILES string of the molecule is CCCCCCCCCCC#Cc1ccc(CC([NH])c2ccc(C(F)(F)F)cc2)c2ccccc12. The van der Waals surface area contributed by atoms with E-state index in [1.165, 1.54) is 57.1 Å². The molecule has 35 heavy (non-hydrogen) atoms. The third kappa shape index (κ3) is 8.15. The summed E-state index contributed by atoms with van der Waals surface area (Å²) in [4.78, 5) is 0. The summed E-state index contributed by atoms with van der Waals surface area (Å²) in [5.74, 6) is 6.67. The van der Waals surface area contributed by atoms with Crippen molar-refractivity contribution in [3.63, 3.8) is 0 Å². The molecule has 0 heterocycles. The van der Waals surface area contributed by atoms with Gasteiger partial charge in [0.2, 0.25) is 0 Å². The summed E-state index contributed by atoms with van der Waals surface area (Å²) in [6.45, 7) is 2.24. The van der Waals surface area contributed by atoms with Crippen LogP contribution in [0.5, 0.6) is 0 Å². The number of nitrogens with one attached hydrogen (secondary N) is 1. The number of benzene rings is 3. The summed E-state index contributed by atoms with van der Waals surface area (Å²) < 4.78 is 38.5. The lowest BCUT2D eigenvalue weighted by Gasteiger charge is -2.15. The molecule has 0 fully saturated rings. The number of rotatable bonds is 11. The first-order chi connectivity index (χ1) is 16.9. The molecule has 0 saturated carbocycles. The zero-order valence-electron chi connectivity index (χ0n) is 20.6. The molecule has 1 N–H and O–H groups in total. The second-order valence-corrected chi connectivity index (χ2v) is 9.22. The van der Waals surface area contributed by atoms with Crippen molar-refractivity contribution in [1.29, 1.82) is 0 Å². The van der Waals surface area contributed by atoms with Gasteiger partial charge in [0.1, 0.15) is 0 Å². The number of halogens is 3. The van der Waals surface area contributed by atoms with Gasteiger partial charge in [-0.3, -0.25) is 0 Å². The lowest BCUT2D eigenvalue weighted by atomic mass is 9.93. The summed E-state index contributed by atoms with van der Waals surface area (Å²) in [5.41, 5.74) is 10.4. The van der Waals surface area contributed by atoms with Crippen LogP contribution in [-0.2, 0) is 12.6 Å². The van der Waals surface area contributed by atoms with Crippen LogP contribution in [0.4, 0.5) is 13.2 Å². The van der Waals surface area contributed by atoms with Crippen molar-refractivity contribution in [2.24, 2.45) is 0 Å². The molecule has 0 aliphatic carbocycles. The first-order valence-corrected chi connectivity index (χ1v) is 12.8. The Morgan fingerprint density at radius 2 is 1.40 bits per heavy atom. The normalized spacial score (nSPS) is 12.4. The Kier molecular flexibility index (Phi) is 10.2. The molecule has 0 aliphatic heterocycles. The van der Waals surface area contributed by atoms with Crippen molar-refractivity contribution in [3.05, 3.63) is 82.9 Å². The molecule has 4 heteroatoms. The molecule has 1 nitrogen and oxygen atoms in total. The van der Waals surface area contributed by atoms with Crippen LogP contribution in [0.3, 0.4) is 0 Å². The van der Waals surface area contributed by atoms with Gasteiger partial charge in [-0.05, 0) is 52.9 Å². The molecule has 3 aromatic carbocycles. The Morgan fingerprint density at radius 3 is 2.06 bits per heavy atom. The standard InChI is InChI=1S/C31H35F3N/c1-2-3-4-5-6-7-8-9-10-11-14-24-17-18-26(29-16-13-12-15-28(24)29)23-30(35)25-19-21-27(22-20-25)31(32,33)34/h12-13,15-22,30,35H,2-10,23H2,1H3. The van der Waals surface area contributed by atoms with E-state index in [1.54, 1.807) is 0 Å². The van der Waals surface area contributed by atoms with E-state index in [1.807, 2.05) is 30.3 Å². The Labute approximate surface area is 207 Å². The van der Waals surface area contributed by atoms with Crippen molar-refractivity contribution < 1.29 is 13.2 Å². The van der Waals surface area contributed by atoms with Crippen LogP contribution >= 0.6 is 0 Å². The number of hydrogen-bond acceptors (Lipinski definition) is 0. The van der Waals surface area contributed by atoms with E-state index in [0.717, 1.165) is 46.9 Å². The van der Waals surface area contributed by atoms with Crippen LogP contribution in [0.2, 0.25) is 0 Å². The van der Waals surface area contributed by atoms with Crippen LogP contribution in [-0.4, -0.2) is 0 Å². The summed E-state index contributed by atoms with van der Waals surface area (Å²) in [6, 6.07) is 16.4. The fourth-order valence-electron chi connectivity index (χ4n) is 4.40. The van der Waals surface area contributed by atoms with Crippen LogP contribution in [0.15, 0.2) is 60.7 Å². The first kappa shape index (κ1) is 26.8. The molecular formula is C31H35F3N. The molecule has 0 aliphatic rings. The zero-order valence-corrected chi connectivity index (χ0v) is 20.6. The van der Waals surface area contributed by atoms with Crippen molar-refractivity contribution in [2.45, 2.75) is 83.4 Å². The molecule has 0 saturated heterocycles. The van der Waals surface area contributed by atoms with Gasteiger partial charge in [0.15, 0.2) is 0 Å². The van der Waals surface area contributed by atoms with Gasteiger partial charge in [-0.2, -0.15) is 13.2 Å². The largest absolute Gasteiger partial charge is 0.416 e. The van der Waals surface area contributed by atoms with E-state index in [2.05, 4.69) is 24.8 Å². The maximum Gasteiger partial charge on any atom is 0.416 e. The van der Waals surface area contributed by atoms with Gasteiger partial charge in [-0.25, -0.2) is 5.73 Å². The lowest BCUT2D eigenvalue weighted by Crippen LogP contribution is -2.07. The highest BCUT2D eigenvalue weighted by atomic mass is 19.4. The van der Waals surface area contributed by atoms with Gasteiger partial charge in [-0.15, -0.1) is 0 Å². The maximum absolute atomic E-state index is 12.8. The minimum Gasteiger partial charge on any atom is -0.249 e. The van der Waals surface area contributed by atoms with E-state index < -0.39 is 17.8 Å². The molecule has 0 aromatic heterocycles. The summed E-state index contributed by atoms with van der Waals surface area (Å²) >= 11 is 0. The van der Waals surface area contributed by atoms with Gasteiger partial charge < -0.3 is 0 Å². The van der Waals surface area contributed by atoms with Gasteiger partial charge in [0, 0.05) is 12.0 Å². The minimum absolute atomic E-state index is 0.428. The molecule has 0 amide bonds. The fraction of sp³-hybridized carbons (Fsp3) is 0.419. The van der Waals surface area contributed by atoms with Gasteiger partial charge in [0.05, 0.1) is 11.6 Å². The quantitative estimate of drug-likeness (QED) is 0.194. The van der Waals surface area contributed by atoms with Crippen molar-refractivity contribution in [3.8, 4) is 11.8 Å². The number of unbranched alkanes of at least 4 members (excludes halogenated alkanes) is 8. The predicted molar refractivity (Wildman–Crippen MR) is 139 cm³/mol. The molecule has 185 valence electrons. The Balaban J connectivity index is 1.61. The highest BCUT2D eigenvalue weighted by Crippen LogP contribution is 2.31. The van der Waals surface area contributed by atoms with E-state index in [0.29, 0.717) is 12.0 Å². The average molecular weight is 479 g/mol. The molecule has 1 unspecified atom stereocenters. The third-order valence-corrected chi connectivity index (χ3v) is 6.46. The van der Waals surface area contributed by atoms with E-state index >= 15 is 0 Å². The molecule has 3 rings (SSSR count). The Bertz CT molecular complexity index is 1120. The van der Waals surface area contributed by atoms with Crippen LogP contribution in [0.1, 0.15) is 93.0 Å². The molecule has 3 aromatic rings. The van der Waals surface area contributed by atoms with E-state index in [-0.39, 0.29) is 0 Å². The first-order valence-electron chi connectivity index (χ1n) is 12.8. The topological polar surface area (TPSA) is 23.8 Å². The van der Waals surface area contributed by atoms with Crippen LogP contribution < -0.4 is 5.73 Å². The van der Waals surface area contributed by atoms with Gasteiger partial charge in [-0.1, -0.05) is 106 Å². The Hall–Kier alpha value is -2.77. The van der Waals surface area contributed by atoms with E-state index in [4.69, 9.17) is 5.73 Å². The second-order valence-electron chi connectivity index (χ2n) is 9.22. The average Bonchev–Trinajstić information content (AvgIpc) is 2.85. The summed E-state index contributed by atoms with van der Waals surface area (Å²) in [6.07, 6.45) is 7.26. The van der Waals surface area contributed by atoms with Crippen molar-refractivity contribution in [1.82, 2.24) is 5.73 Å². The summed E-state index contributed by atoms with van der Waals surface area (Å²) in [5, 5.41) is 2.11. The Morgan fingerprint density at radius 1 is 0.771 bits per heavy atom. The van der Waals surface area contributed by atoms with Gasteiger partial charge >= 0.3 is 6.18 Å². The number of alkyl halides is 3. The third-order valence-electron chi connectivity index (χ3n) is 6.46.